The van der Waals surface area contributed by atoms with Gasteiger partial charge in [-0.3, -0.25) is 0 Å². The van der Waals surface area contributed by atoms with Gasteiger partial charge in [-0.2, -0.15) is 13.2 Å². The fourth-order valence-electron chi connectivity index (χ4n) is 1.67. The van der Waals surface area contributed by atoms with Crippen molar-refractivity contribution >= 4 is 5.96 Å². The van der Waals surface area contributed by atoms with Crippen LogP contribution in [0.1, 0.15) is 25.7 Å². The summed E-state index contributed by atoms with van der Waals surface area (Å²) in [6.45, 7) is -1.05. The van der Waals surface area contributed by atoms with Crippen molar-refractivity contribution in [3.8, 4) is 0 Å². The number of nitrogens with two attached hydrogens (primary N) is 1. The average molecular weight is 223 g/mol. The summed E-state index contributed by atoms with van der Waals surface area (Å²) in [5.74, 6) is -0.0146. The molecule has 88 valence electrons. The summed E-state index contributed by atoms with van der Waals surface area (Å²) in [6.07, 6.45) is -0.194. The summed E-state index contributed by atoms with van der Waals surface area (Å²) < 4.78 is 36.1. The van der Waals surface area contributed by atoms with Gasteiger partial charge in [0, 0.05) is 7.05 Å². The molecule has 0 aromatic heterocycles. The van der Waals surface area contributed by atoms with Crippen LogP contribution in [0.4, 0.5) is 13.2 Å². The van der Waals surface area contributed by atoms with Gasteiger partial charge in [-0.1, -0.05) is 12.8 Å². The number of nitrogens with zero attached hydrogens (tertiary/aromatic N) is 2. The second kappa shape index (κ2) is 4.72. The molecule has 1 aliphatic rings. The fraction of sp³-hybridized carbons (Fsp3) is 0.889. The molecular weight excluding hydrogens is 207 g/mol. The van der Waals surface area contributed by atoms with E-state index >= 15 is 0 Å². The van der Waals surface area contributed by atoms with E-state index in [2.05, 4.69) is 4.99 Å². The SMILES string of the molecule is CN(CC(F)(F)F)C(N)=NC1CCCC1. The van der Waals surface area contributed by atoms with Gasteiger partial charge in [0.05, 0.1) is 6.04 Å². The van der Waals surface area contributed by atoms with Gasteiger partial charge >= 0.3 is 6.18 Å². The highest BCUT2D eigenvalue weighted by Gasteiger charge is 2.30. The van der Waals surface area contributed by atoms with Crippen LogP contribution < -0.4 is 5.73 Å². The smallest absolute Gasteiger partial charge is 0.370 e. The zero-order valence-corrected chi connectivity index (χ0v) is 8.72. The minimum atomic E-state index is -4.23. The minimum Gasteiger partial charge on any atom is -0.370 e. The fourth-order valence-corrected chi connectivity index (χ4v) is 1.67. The Balaban J connectivity index is 2.47. The Labute approximate surface area is 87.1 Å². The summed E-state index contributed by atoms with van der Waals surface area (Å²) in [7, 11) is 1.31. The lowest BCUT2D eigenvalue weighted by Gasteiger charge is -2.20. The molecule has 15 heavy (non-hydrogen) atoms. The van der Waals surface area contributed by atoms with Crippen LogP contribution in [0.15, 0.2) is 4.99 Å². The van der Waals surface area contributed by atoms with Crippen LogP contribution >= 0.6 is 0 Å². The Morgan fingerprint density at radius 3 is 2.40 bits per heavy atom. The molecule has 1 rings (SSSR count). The first-order chi connectivity index (χ1) is 6.88. The summed E-state index contributed by atoms with van der Waals surface area (Å²) in [5, 5.41) is 0. The molecule has 0 heterocycles. The van der Waals surface area contributed by atoms with Crippen molar-refractivity contribution in [1.29, 1.82) is 0 Å². The number of rotatable bonds is 2. The molecule has 0 radical (unpaired) electrons. The zero-order chi connectivity index (χ0) is 11.5. The number of alkyl halides is 3. The second-order valence-electron chi connectivity index (χ2n) is 3.90. The van der Waals surface area contributed by atoms with Gasteiger partial charge in [-0.25, -0.2) is 4.99 Å². The van der Waals surface area contributed by atoms with E-state index in [0.717, 1.165) is 30.6 Å². The monoisotopic (exact) mass is 223 g/mol. The Morgan fingerprint density at radius 1 is 1.40 bits per heavy atom. The highest BCUT2D eigenvalue weighted by molar-refractivity contribution is 5.78. The topological polar surface area (TPSA) is 41.6 Å². The maximum absolute atomic E-state index is 12.0. The van der Waals surface area contributed by atoms with Gasteiger partial charge in [0.1, 0.15) is 6.54 Å². The highest BCUT2D eigenvalue weighted by Crippen LogP contribution is 2.21. The predicted octanol–water partition coefficient (Wildman–Crippen LogP) is 1.74. The summed E-state index contributed by atoms with van der Waals surface area (Å²) >= 11 is 0. The van der Waals surface area contributed by atoms with Crippen molar-refractivity contribution in [2.45, 2.75) is 37.9 Å². The first-order valence-corrected chi connectivity index (χ1v) is 4.99. The van der Waals surface area contributed by atoms with Gasteiger partial charge in [-0.15, -0.1) is 0 Å². The molecule has 0 aliphatic heterocycles. The molecule has 0 saturated heterocycles. The molecule has 0 bridgehead atoms. The molecule has 0 amide bonds. The van der Waals surface area contributed by atoms with Crippen LogP contribution in [-0.2, 0) is 0 Å². The van der Waals surface area contributed by atoms with Crippen molar-refractivity contribution in [3.63, 3.8) is 0 Å². The van der Waals surface area contributed by atoms with Crippen LogP contribution in [0.5, 0.6) is 0 Å². The molecule has 1 aliphatic carbocycles. The molecule has 0 aromatic rings. The van der Waals surface area contributed by atoms with E-state index in [1.807, 2.05) is 0 Å². The molecular formula is C9H16F3N3. The van der Waals surface area contributed by atoms with Crippen LogP contribution in [0, 0.1) is 0 Å². The number of guanidine groups is 1. The third kappa shape index (κ3) is 4.40. The molecule has 1 fully saturated rings. The second-order valence-corrected chi connectivity index (χ2v) is 3.90. The lowest BCUT2D eigenvalue weighted by molar-refractivity contribution is -0.135. The van der Waals surface area contributed by atoms with Crippen molar-refractivity contribution in [1.82, 2.24) is 4.90 Å². The normalized spacial score (nSPS) is 19.6. The largest absolute Gasteiger partial charge is 0.406 e. The maximum Gasteiger partial charge on any atom is 0.406 e. The third-order valence-corrected chi connectivity index (χ3v) is 2.45. The van der Waals surface area contributed by atoms with Crippen LogP contribution in [-0.4, -0.2) is 36.7 Å². The highest BCUT2D eigenvalue weighted by atomic mass is 19.4. The van der Waals surface area contributed by atoms with Gasteiger partial charge in [0.15, 0.2) is 5.96 Å². The van der Waals surface area contributed by atoms with E-state index < -0.39 is 12.7 Å². The third-order valence-electron chi connectivity index (χ3n) is 2.45. The molecule has 3 nitrogen and oxygen atoms in total. The Hall–Kier alpha value is -0.940. The van der Waals surface area contributed by atoms with E-state index in [-0.39, 0.29) is 12.0 Å². The van der Waals surface area contributed by atoms with Gasteiger partial charge in [0.2, 0.25) is 0 Å². The summed E-state index contributed by atoms with van der Waals surface area (Å²) in [4.78, 5) is 5.02. The molecule has 0 unspecified atom stereocenters. The van der Waals surface area contributed by atoms with Gasteiger partial charge in [0.25, 0.3) is 0 Å². The van der Waals surface area contributed by atoms with Crippen molar-refractivity contribution in [3.05, 3.63) is 0 Å². The lowest BCUT2D eigenvalue weighted by Crippen LogP contribution is -2.41. The van der Waals surface area contributed by atoms with Gasteiger partial charge in [-0.05, 0) is 12.8 Å². The van der Waals surface area contributed by atoms with Crippen molar-refractivity contribution < 1.29 is 13.2 Å². The summed E-state index contributed by atoms with van der Waals surface area (Å²) in [5.41, 5.74) is 5.48. The predicted molar refractivity (Wildman–Crippen MR) is 52.6 cm³/mol. The van der Waals surface area contributed by atoms with Crippen molar-refractivity contribution in [2.75, 3.05) is 13.6 Å². The quantitative estimate of drug-likeness (QED) is 0.572. The molecule has 0 aromatic carbocycles. The number of hydrogen-bond acceptors (Lipinski definition) is 1. The average Bonchev–Trinajstić information content (AvgIpc) is 2.53. The maximum atomic E-state index is 12.0. The van der Waals surface area contributed by atoms with E-state index in [1.54, 1.807) is 0 Å². The Bertz CT molecular complexity index is 231. The van der Waals surface area contributed by atoms with Crippen LogP contribution in [0.25, 0.3) is 0 Å². The molecule has 6 heteroatoms. The Kier molecular flexibility index (Phi) is 3.82. The molecule has 0 atom stereocenters. The lowest BCUT2D eigenvalue weighted by atomic mass is 10.3. The van der Waals surface area contributed by atoms with Gasteiger partial charge < -0.3 is 10.6 Å². The standard InChI is InChI=1S/C9H16F3N3/c1-15(6-9(10,11)12)8(13)14-7-4-2-3-5-7/h7H,2-6H2,1H3,(H2,13,14). The van der Waals surface area contributed by atoms with E-state index in [4.69, 9.17) is 5.73 Å². The summed E-state index contributed by atoms with van der Waals surface area (Å²) in [6, 6.07) is 0.112. The zero-order valence-electron chi connectivity index (χ0n) is 8.72. The minimum absolute atomic E-state index is 0.0146. The first kappa shape index (κ1) is 12.1. The van der Waals surface area contributed by atoms with E-state index in [9.17, 15) is 13.2 Å². The number of aliphatic imine (C=N–C) groups is 1. The van der Waals surface area contributed by atoms with E-state index in [0.29, 0.717) is 0 Å². The molecule has 1 saturated carbocycles. The number of halogens is 3. The number of hydrogen-bond donors (Lipinski definition) is 1. The van der Waals surface area contributed by atoms with Crippen molar-refractivity contribution in [2.24, 2.45) is 10.7 Å². The molecule has 0 spiro atoms. The van der Waals surface area contributed by atoms with Crippen LogP contribution in [0.3, 0.4) is 0 Å². The Morgan fingerprint density at radius 2 is 1.93 bits per heavy atom. The van der Waals surface area contributed by atoms with Crippen LogP contribution in [0.2, 0.25) is 0 Å². The van der Waals surface area contributed by atoms with E-state index in [1.165, 1.54) is 7.05 Å². The first-order valence-electron chi connectivity index (χ1n) is 4.99. The molecule has 2 N–H and O–H groups in total.